The summed E-state index contributed by atoms with van der Waals surface area (Å²) >= 11 is 0. The van der Waals surface area contributed by atoms with E-state index in [0.29, 0.717) is 12.0 Å². The SMILES string of the molecule is C[C@@H]1C[C@H]1NC(=O)Cn1cnnn1. The summed E-state index contributed by atoms with van der Waals surface area (Å²) in [5.74, 6) is 0.597. The van der Waals surface area contributed by atoms with E-state index in [1.54, 1.807) is 0 Å². The van der Waals surface area contributed by atoms with E-state index in [9.17, 15) is 4.79 Å². The molecule has 70 valence electrons. The molecule has 0 unspecified atom stereocenters. The number of nitrogens with one attached hydrogen (secondary N) is 1. The fourth-order valence-corrected chi connectivity index (χ4v) is 1.18. The third-order valence-corrected chi connectivity index (χ3v) is 2.15. The highest BCUT2D eigenvalue weighted by atomic mass is 16.2. The van der Waals surface area contributed by atoms with E-state index in [-0.39, 0.29) is 12.5 Å². The molecule has 2 atom stereocenters. The maximum absolute atomic E-state index is 11.3. The molecule has 2 rings (SSSR count). The van der Waals surface area contributed by atoms with Gasteiger partial charge in [-0.15, -0.1) is 5.10 Å². The Kier molecular flexibility index (Phi) is 1.96. The number of carbonyl (C=O) groups excluding carboxylic acids is 1. The van der Waals surface area contributed by atoms with Crippen LogP contribution in [0.1, 0.15) is 13.3 Å². The lowest BCUT2D eigenvalue weighted by Gasteiger charge is -2.01. The smallest absolute Gasteiger partial charge is 0.242 e. The van der Waals surface area contributed by atoms with Gasteiger partial charge in [0.1, 0.15) is 12.9 Å². The van der Waals surface area contributed by atoms with Crippen LogP contribution in [0.3, 0.4) is 0 Å². The first-order valence-electron chi connectivity index (χ1n) is 4.26. The minimum absolute atomic E-state index is 0.0262. The number of hydrogen-bond acceptors (Lipinski definition) is 4. The van der Waals surface area contributed by atoms with Crippen molar-refractivity contribution in [3.63, 3.8) is 0 Å². The molecule has 1 N–H and O–H groups in total. The van der Waals surface area contributed by atoms with Gasteiger partial charge in [-0.1, -0.05) is 6.92 Å². The molecule has 1 heterocycles. The Morgan fingerprint density at radius 3 is 3.08 bits per heavy atom. The van der Waals surface area contributed by atoms with Gasteiger partial charge in [-0.2, -0.15) is 0 Å². The second-order valence-electron chi connectivity index (χ2n) is 3.39. The largest absolute Gasteiger partial charge is 0.351 e. The van der Waals surface area contributed by atoms with E-state index < -0.39 is 0 Å². The Bertz CT molecular complexity index is 296. The highest BCUT2D eigenvalue weighted by Gasteiger charge is 2.33. The lowest BCUT2D eigenvalue weighted by molar-refractivity contribution is -0.122. The zero-order valence-electron chi connectivity index (χ0n) is 7.34. The minimum Gasteiger partial charge on any atom is -0.351 e. The van der Waals surface area contributed by atoms with Crippen LogP contribution in [0.25, 0.3) is 0 Å². The van der Waals surface area contributed by atoms with E-state index in [1.165, 1.54) is 11.0 Å². The maximum atomic E-state index is 11.3. The zero-order chi connectivity index (χ0) is 9.26. The molecule has 0 spiro atoms. The normalized spacial score (nSPS) is 25.6. The standard InChI is InChI=1S/C7H11N5O/c1-5-2-6(5)9-7(13)3-12-4-8-10-11-12/h4-6H,2-3H2,1H3,(H,9,13)/t5-,6-/m1/s1. The second kappa shape index (κ2) is 3.12. The molecule has 1 aromatic heterocycles. The molecule has 1 aromatic rings. The van der Waals surface area contributed by atoms with Gasteiger partial charge in [0.2, 0.25) is 5.91 Å². The van der Waals surface area contributed by atoms with Crippen molar-refractivity contribution in [2.24, 2.45) is 5.92 Å². The molecule has 1 aliphatic carbocycles. The van der Waals surface area contributed by atoms with Crippen molar-refractivity contribution in [3.05, 3.63) is 6.33 Å². The number of nitrogens with zero attached hydrogens (tertiary/aromatic N) is 4. The van der Waals surface area contributed by atoms with Crippen LogP contribution in [-0.4, -0.2) is 32.2 Å². The molecule has 1 amide bonds. The quantitative estimate of drug-likeness (QED) is 0.662. The lowest BCUT2D eigenvalue weighted by Crippen LogP contribution is -2.30. The maximum Gasteiger partial charge on any atom is 0.242 e. The molecule has 0 radical (unpaired) electrons. The van der Waals surface area contributed by atoms with Crippen molar-refractivity contribution >= 4 is 5.91 Å². The van der Waals surface area contributed by atoms with Gasteiger partial charge >= 0.3 is 0 Å². The summed E-state index contributed by atoms with van der Waals surface area (Å²) < 4.78 is 1.41. The van der Waals surface area contributed by atoms with Crippen molar-refractivity contribution < 1.29 is 4.79 Å². The summed E-state index contributed by atoms with van der Waals surface area (Å²) in [5.41, 5.74) is 0. The monoisotopic (exact) mass is 181 g/mol. The number of tetrazole rings is 1. The highest BCUT2D eigenvalue weighted by molar-refractivity contribution is 5.76. The van der Waals surface area contributed by atoms with Crippen LogP contribution >= 0.6 is 0 Å². The van der Waals surface area contributed by atoms with Crippen LogP contribution in [0, 0.1) is 5.92 Å². The van der Waals surface area contributed by atoms with E-state index in [4.69, 9.17) is 0 Å². The van der Waals surface area contributed by atoms with Crippen molar-refractivity contribution in [2.75, 3.05) is 0 Å². The number of aromatic nitrogens is 4. The summed E-state index contributed by atoms with van der Waals surface area (Å²) in [5, 5.41) is 13.4. The van der Waals surface area contributed by atoms with Gasteiger partial charge in [0, 0.05) is 6.04 Å². The van der Waals surface area contributed by atoms with Gasteiger partial charge in [0.25, 0.3) is 0 Å². The van der Waals surface area contributed by atoms with Crippen LogP contribution in [0.15, 0.2) is 6.33 Å². The first-order valence-corrected chi connectivity index (χ1v) is 4.26. The van der Waals surface area contributed by atoms with Crippen LogP contribution in [0.4, 0.5) is 0 Å². The zero-order valence-corrected chi connectivity index (χ0v) is 7.34. The molecule has 1 aliphatic rings. The van der Waals surface area contributed by atoms with E-state index in [2.05, 4.69) is 27.8 Å². The summed E-state index contributed by atoms with van der Waals surface area (Å²) in [7, 11) is 0. The predicted molar refractivity (Wildman–Crippen MR) is 43.5 cm³/mol. The van der Waals surface area contributed by atoms with Crippen molar-refractivity contribution in [3.8, 4) is 0 Å². The molecule has 1 fully saturated rings. The Morgan fingerprint density at radius 1 is 1.77 bits per heavy atom. The first-order chi connectivity index (χ1) is 6.25. The third kappa shape index (κ3) is 2.01. The number of rotatable bonds is 3. The first kappa shape index (κ1) is 8.15. The summed E-state index contributed by atoms with van der Waals surface area (Å²) in [6.07, 6.45) is 2.51. The van der Waals surface area contributed by atoms with Gasteiger partial charge < -0.3 is 5.32 Å². The van der Waals surface area contributed by atoms with Gasteiger partial charge in [0.05, 0.1) is 0 Å². The van der Waals surface area contributed by atoms with Crippen molar-refractivity contribution in [1.82, 2.24) is 25.5 Å². The Balaban J connectivity index is 1.79. The predicted octanol–water partition coefficient (Wildman–Crippen LogP) is -0.802. The lowest BCUT2D eigenvalue weighted by atomic mass is 10.4. The fraction of sp³-hybridized carbons (Fsp3) is 0.714. The Morgan fingerprint density at radius 2 is 2.54 bits per heavy atom. The highest BCUT2D eigenvalue weighted by Crippen LogP contribution is 2.28. The molecule has 13 heavy (non-hydrogen) atoms. The molecule has 0 bridgehead atoms. The second-order valence-corrected chi connectivity index (χ2v) is 3.39. The van der Waals surface area contributed by atoms with Crippen molar-refractivity contribution in [2.45, 2.75) is 25.9 Å². The Labute approximate surface area is 75.3 Å². The number of carbonyl (C=O) groups is 1. The molecular formula is C7H11N5O. The molecule has 1 saturated carbocycles. The molecule has 0 aromatic carbocycles. The van der Waals surface area contributed by atoms with Crippen LogP contribution in [-0.2, 0) is 11.3 Å². The van der Waals surface area contributed by atoms with E-state index in [0.717, 1.165) is 6.42 Å². The van der Waals surface area contributed by atoms with Gasteiger partial charge in [-0.25, -0.2) is 4.68 Å². The number of hydrogen-bond donors (Lipinski definition) is 1. The molecule has 6 nitrogen and oxygen atoms in total. The average molecular weight is 181 g/mol. The topological polar surface area (TPSA) is 72.7 Å². The summed E-state index contributed by atoms with van der Waals surface area (Å²) in [4.78, 5) is 11.3. The van der Waals surface area contributed by atoms with Crippen molar-refractivity contribution in [1.29, 1.82) is 0 Å². The summed E-state index contributed by atoms with van der Waals surface area (Å²) in [6, 6.07) is 0.365. The van der Waals surface area contributed by atoms with Crippen LogP contribution in [0.5, 0.6) is 0 Å². The molecule has 6 heteroatoms. The summed E-state index contributed by atoms with van der Waals surface area (Å²) in [6.45, 7) is 2.32. The molecule has 0 saturated heterocycles. The third-order valence-electron chi connectivity index (χ3n) is 2.15. The van der Waals surface area contributed by atoms with Gasteiger partial charge in [-0.05, 0) is 22.8 Å². The van der Waals surface area contributed by atoms with Crippen LogP contribution < -0.4 is 5.32 Å². The van der Waals surface area contributed by atoms with Gasteiger partial charge in [-0.3, -0.25) is 4.79 Å². The van der Waals surface area contributed by atoms with E-state index >= 15 is 0 Å². The number of amides is 1. The molecular weight excluding hydrogens is 170 g/mol. The average Bonchev–Trinajstić information content (AvgIpc) is 2.61. The fourth-order valence-electron chi connectivity index (χ4n) is 1.18. The van der Waals surface area contributed by atoms with Crippen LogP contribution in [0.2, 0.25) is 0 Å². The van der Waals surface area contributed by atoms with Gasteiger partial charge in [0.15, 0.2) is 0 Å². The van der Waals surface area contributed by atoms with E-state index in [1.807, 2.05) is 0 Å². The Hall–Kier alpha value is -1.46. The molecule has 0 aliphatic heterocycles. The minimum atomic E-state index is -0.0262.